The van der Waals surface area contributed by atoms with Gasteiger partial charge in [-0.25, -0.2) is 4.79 Å². The van der Waals surface area contributed by atoms with E-state index >= 15 is 0 Å². The van der Waals surface area contributed by atoms with Crippen molar-refractivity contribution < 1.29 is 14.4 Å². The van der Waals surface area contributed by atoms with Crippen LogP contribution in [0, 0.1) is 0 Å². The molecular formula is C10H7N3O3. The summed E-state index contributed by atoms with van der Waals surface area (Å²) in [6, 6.07) is 5.30. The van der Waals surface area contributed by atoms with Gasteiger partial charge >= 0.3 is 5.97 Å². The minimum Gasteiger partial charge on any atom is -0.478 e. The minimum absolute atomic E-state index is 0.128. The van der Waals surface area contributed by atoms with Gasteiger partial charge in [0.1, 0.15) is 5.69 Å². The molecule has 80 valence electrons. The van der Waals surface area contributed by atoms with Crippen LogP contribution in [0.5, 0.6) is 0 Å². The highest BCUT2D eigenvalue weighted by Gasteiger charge is 2.06. The standard InChI is InChI=1S/C10H7N3O3/c14-9(15)5-4-8-12-10(13-16-8)7-3-1-2-6-11-7/h1-6H,(H,14,15)/b5-4-. The smallest absolute Gasteiger partial charge is 0.328 e. The van der Waals surface area contributed by atoms with E-state index in [2.05, 4.69) is 15.1 Å². The Morgan fingerprint density at radius 1 is 1.44 bits per heavy atom. The molecule has 0 aliphatic heterocycles. The van der Waals surface area contributed by atoms with E-state index in [4.69, 9.17) is 9.63 Å². The van der Waals surface area contributed by atoms with E-state index in [1.54, 1.807) is 24.4 Å². The fourth-order valence-electron chi connectivity index (χ4n) is 1.04. The lowest BCUT2D eigenvalue weighted by Crippen LogP contribution is -1.86. The molecule has 0 amide bonds. The lowest BCUT2D eigenvalue weighted by Gasteiger charge is -1.88. The Kier molecular flexibility index (Phi) is 2.73. The molecule has 2 aromatic rings. The van der Waals surface area contributed by atoms with Gasteiger partial charge in [0.15, 0.2) is 0 Å². The van der Waals surface area contributed by atoms with Gasteiger partial charge in [0, 0.05) is 18.3 Å². The lowest BCUT2D eigenvalue weighted by atomic mass is 10.3. The summed E-state index contributed by atoms with van der Waals surface area (Å²) in [6.07, 6.45) is 3.76. The molecule has 0 bridgehead atoms. The molecule has 0 atom stereocenters. The zero-order valence-corrected chi connectivity index (χ0v) is 8.07. The van der Waals surface area contributed by atoms with Crippen molar-refractivity contribution in [3.05, 3.63) is 36.4 Å². The molecule has 6 nitrogen and oxygen atoms in total. The fraction of sp³-hybridized carbons (Fsp3) is 0. The van der Waals surface area contributed by atoms with Gasteiger partial charge in [0.05, 0.1) is 0 Å². The largest absolute Gasteiger partial charge is 0.478 e. The Balaban J connectivity index is 2.23. The first-order valence-electron chi connectivity index (χ1n) is 4.42. The number of nitrogens with zero attached hydrogens (tertiary/aromatic N) is 3. The molecular weight excluding hydrogens is 210 g/mol. The highest BCUT2D eigenvalue weighted by atomic mass is 16.5. The van der Waals surface area contributed by atoms with E-state index < -0.39 is 5.97 Å². The van der Waals surface area contributed by atoms with Crippen molar-refractivity contribution in [3.63, 3.8) is 0 Å². The molecule has 0 saturated carbocycles. The first-order chi connectivity index (χ1) is 7.75. The number of carbonyl (C=O) groups is 1. The fourth-order valence-corrected chi connectivity index (χ4v) is 1.04. The van der Waals surface area contributed by atoms with E-state index in [0.29, 0.717) is 11.5 Å². The molecule has 0 unspecified atom stereocenters. The summed E-state index contributed by atoms with van der Waals surface area (Å²) in [5.41, 5.74) is 0.571. The molecule has 2 aromatic heterocycles. The second-order valence-electron chi connectivity index (χ2n) is 2.84. The van der Waals surface area contributed by atoms with E-state index in [1.165, 1.54) is 6.08 Å². The number of rotatable bonds is 3. The highest BCUT2D eigenvalue weighted by molar-refractivity contribution is 5.84. The Bertz CT molecular complexity index is 519. The van der Waals surface area contributed by atoms with Crippen LogP contribution in [0.25, 0.3) is 17.6 Å². The highest BCUT2D eigenvalue weighted by Crippen LogP contribution is 2.12. The van der Waals surface area contributed by atoms with Crippen molar-refractivity contribution in [3.8, 4) is 11.5 Å². The maximum Gasteiger partial charge on any atom is 0.328 e. The van der Waals surface area contributed by atoms with E-state index in [1.807, 2.05) is 0 Å². The Morgan fingerprint density at radius 2 is 2.31 bits per heavy atom. The van der Waals surface area contributed by atoms with Gasteiger partial charge in [0.2, 0.25) is 5.82 Å². The van der Waals surface area contributed by atoms with Crippen molar-refractivity contribution in [1.82, 2.24) is 15.1 Å². The monoisotopic (exact) mass is 217 g/mol. The van der Waals surface area contributed by atoms with Crippen molar-refractivity contribution in [2.45, 2.75) is 0 Å². The molecule has 2 rings (SSSR count). The van der Waals surface area contributed by atoms with Crippen LogP contribution in [-0.2, 0) is 4.79 Å². The SMILES string of the molecule is O=C(O)/C=C\c1nc(-c2ccccn2)no1. The summed E-state index contributed by atoms with van der Waals surface area (Å²) < 4.78 is 4.82. The predicted octanol–water partition coefficient (Wildman–Crippen LogP) is 1.23. The van der Waals surface area contributed by atoms with Crippen LogP contribution in [0.4, 0.5) is 0 Å². The molecule has 2 heterocycles. The van der Waals surface area contributed by atoms with Crippen LogP contribution in [0.1, 0.15) is 5.89 Å². The summed E-state index contributed by atoms with van der Waals surface area (Å²) >= 11 is 0. The molecule has 0 aliphatic carbocycles. The van der Waals surface area contributed by atoms with Gasteiger partial charge < -0.3 is 9.63 Å². The Morgan fingerprint density at radius 3 is 3.00 bits per heavy atom. The summed E-state index contributed by atoms with van der Waals surface area (Å²) in [7, 11) is 0. The number of aliphatic carboxylic acids is 1. The molecule has 0 spiro atoms. The van der Waals surface area contributed by atoms with Crippen LogP contribution in [0.3, 0.4) is 0 Å². The van der Waals surface area contributed by atoms with Crippen molar-refractivity contribution in [2.75, 3.05) is 0 Å². The topological polar surface area (TPSA) is 89.1 Å². The van der Waals surface area contributed by atoms with Crippen molar-refractivity contribution in [1.29, 1.82) is 0 Å². The molecule has 0 aliphatic rings. The van der Waals surface area contributed by atoms with Crippen LogP contribution in [0.2, 0.25) is 0 Å². The van der Waals surface area contributed by atoms with Crippen molar-refractivity contribution in [2.24, 2.45) is 0 Å². The Hall–Kier alpha value is -2.50. The molecule has 0 saturated heterocycles. The van der Waals surface area contributed by atoms with E-state index in [-0.39, 0.29) is 5.89 Å². The van der Waals surface area contributed by atoms with E-state index in [9.17, 15) is 4.79 Å². The molecule has 16 heavy (non-hydrogen) atoms. The number of aromatic nitrogens is 3. The van der Waals surface area contributed by atoms with Gasteiger partial charge in [-0.3, -0.25) is 4.98 Å². The molecule has 1 N–H and O–H groups in total. The molecule has 6 heteroatoms. The van der Waals surface area contributed by atoms with Gasteiger partial charge in [0.25, 0.3) is 5.89 Å². The molecule has 0 aromatic carbocycles. The maximum absolute atomic E-state index is 10.3. The second kappa shape index (κ2) is 4.35. The average molecular weight is 217 g/mol. The van der Waals surface area contributed by atoms with Crippen molar-refractivity contribution >= 4 is 12.0 Å². The normalized spacial score (nSPS) is 10.8. The van der Waals surface area contributed by atoms with E-state index in [0.717, 1.165) is 6.08 Å². The maximum atomic E-state index is 10.3. The van der Waals surface area contributed by atoms with Gasteiger partial charge in [-0.2, -0.15) is 4.98 Å². The van der Waals surface area contributed by atoms with Crippen LogP contribution in [0.15, 0.2) is 35.0 Å². The summed E-state index contributed by atoms with van der Waals surface area (Å²) in [5, 5.41) is 12.1. The number of carboxylic acids is 1. The third-order valence-corrected chi connectivity index (χ3v) is 1.70. The first-order valence-corrected chi connectivity index (χ1v) is 4.42. The summed E-state index contributed by atoms with van der Waals surface area (Å²) in [5.74, 6) is -0.619. The second-order valence-corrected chi connectivity index (χ2v) is 2.84. The summed E-state index contributed by atoms with van der Waals surface area (Å²) in [4.78, 5) is 18.3. The van der Waals surface area contributed by atoms with Gasteiger partial charge in [-0.05, 0) is 12.1 Å². The Labute approximate surface area is 90.3 Å². The van der Waals surface area contributed by atoms with Gasteiger partial charge in [-0.15, -0.1) is 0 Å². The van der Waals surface area contributed by atoms with Gasteiger partial charge in [-0.1, -0.05) is 11.2 Å². The number of hydrogen-bond acceptors (Lipinski definition) is 5. The zero-order chi connectivity index (χ0) is 11.4. The number of pyridine rings is 1. The van der Waals surface area contributed by atoms with Crippen LogP contribution in [-0.4, -0.2) is 26.2 Å². The third-order valence-electron chi connectivity index (χ3n) is 1.70. The molecule has 0 fully saturated rings. The zero-order valence-electron chi connectivity index (χ0n) is 8.07. The average Bonchev–Trinajstić information content (AvgIpc) is 2.76. The minimum atomic E-state index is -1.07. The quantitative estimate of drug-likeness (QED) is 0.777. The lowest BCUT2D eigenvalue weighted by molar-refractivity contribution is -0.131. The predicted molar refractivity (Wildman–Crippen MR) is 54.2 cm³/mol. The number of carboxylic acid groups (broad SMARTS) is 1. The number of hydrogen-bond donors (Lipinski definition) is 1. The third kappa shape index (κ3) is 2.30. The molecule has 0 radical (unpaired) electrons. The van der Waals surface area contributed by atoms with Crippen LogP contribution < -0.4 is 0 Å². The van der Waals surface area contributed by atoms with Crippen LogP contribution >= 0.6 is 0 Å². The first kappa shape index (κ1) is 10.0. The summed E-state index contributed by atoms with van der Waals surface area (Å²) in [6.45, 7) is 0.